The smallest absolute Gasteiger partial charge is 0.131 e. The molecule has 0 radical (unpaired) electrons. The van der Waals surface area contributed by atoms with Crippen LogP contribution in [0, 0.1) is 0 Å². The van der Waals surface area contributed by atoms with Crippen molar-refractivity contribution in [1.82, 2.24) is 0 Å². The number of benzene rings is 3. The Morgan fingerprint density at radius 1 is 0.667 bits per heavy atom. The van der Waals surface area contributed by atoms with Crippen molar-refractivity contribution in [1.29, 1.82) is 0 Å². The molecule has 2 heteroatoms. The number of methoxy groups -OCH3 is 1. The molecule has 3 aromatic rings. The highest BCUT2D eigenvalue weighted by Gasteiger charge is 2.10. The molecule has 0 aliphatic heterocycles. The fourth-order valence-electron chi connectivity index (χ4n) is 2.40. The van der Waals surface area contributed by atoms with Crippen molar-refractivity contribution >= 4 is 0 Å². The van der Waals surface area contributed by atoms with E-state index in [1.165, 1.54) is 0 Å². The standard InChI is InChI=1S/C19H16O2/c1-21-16-12-10-15(11-13-16)18-9-5-8-17(19(18)20)14-6-3-2-4-7-14/h2-13,20H,1H3. The van der Waals surface area contributed by atoms with Crippen LogP contribution in [0.3, 0.4) is 0 Å². The molecule has 0 bridgehead atoms. The minimum Gasteiger partial charge on any atom is -0.507 e. The molecule has 0 aliphatic carbocycles. The monoisotopic (exact) mass is 276 g/mol. The maximum absolute atomic E-state index is 10.6. The third-order valence-corrected chi connectivity index (χ3v) is 3.52. The van der Waals surface area contributed by atoms with Gasteiger partial charge in [0.25, 0.3) is 0 Å². The van der Waals surface area contributed by atoms with E-state index in [-0.39, 0.29) is 0 Å². The summed E-state index contributed by atoms with van der Waals surface area (Å²) in [6.07, 6.45) is 0. The van der Waals surface area contributed by atoms with Gasteiger partial charge in [-0.2, -0.15) is 0 Å². The second kappa shape index (κ2) is 5.71. The zero-order chi connectivity index (χ0) is 14.7. The fourth-order valence-corrected chi connectivity index (χ4v) is 2.40. The minimum absolute atomic E-state index is 0.300. The van der Waals surface area contributed by atoms with Gasteiger partial charge in [0, 0.05) is 11.1 Å². The van der Waals surface area contributed by atoms with E-state index in [2.05, 4.69) is 0 Å². The molecule has 3 aromatic carbocycles. The molecule has 0 saturated heterocycles. The number of hydrogen-bond donors (Lipinski definition) is 1. The molecule has 0 amide bonds. The Morgan fingerprint density at radius 3 is 1.81 bits per heavy atom. The van der Waals surface area contributed by atoms with Gasteiger partial charge in [0.2, 0.25) is 0 Å². The Hall–Kier alpha value is -2.74. The van der Waals surface area contributed by atoms with Crippen LogP contribution in [-0.2, 0) is 0 Å². The molecule has 104 valence electrons. The van der Waals surface area contributed by atoms with Gasteiger partial charge in [-0.1, -0.05) is 60.7 Å². The fraction of sp³-hybridized carbons (Fsp3) is 0.0526. The molecule has 0 aromatic heterocycles. The first-order chi connectivity index (χ1) is 10.3. The van der Waals surface area contributed by atoms with Gasteiger partial charge in [0.15, 0.2) is 0 Å². The lowest BCUT2D eigenvalue weighted by molar-refractivity contribution is 0.415. The lowest BCUT2D eigenvalue weighted by atomic mass is 9.97. The third-order valence-electron chi connectivity index (χ3n) is 3.52. The van der Waals surface area contributed by atoms with Crippen molar-refractivity contribution in [2.24, 2.45) is 0 Å². The SMILES string of the molecule is COc1ccc(-c2cccc(-c3ccccc3)c2O)cc1. The number of aromatic hydroxyl groups is 1. The maximum Gasteiger partial charge on any atom is 0.131 e. The van der Waals surface area contributed by atoms with E-state index in [0.717, 1.165) is 28.0 Å². The summed E-state index contributed by atoms with van der Waals surface area (Å²) in [6.45, 7) is 0. The summed E-state index contributed by atoms with van der Waals surface area (Å²) >= 11 is 0. The van der Waals surface area contributed by atoms with Gasteiger partial charge in [-0.15, -0.1) is 0 Å². The van der Waals surface area contributed by atoms with Crippen molar-refractivity contribution in [2.45, 2.75) is 0 Å². The largest absolute Gasteiger partial charge is 0.507 e. The van der Waals surface area contributed by atoms with Crippen LogP contribution in [-0.4, -0.2) is 12.2 Å². The van der Waals surface area contributed by atoms with Crippen molar-refractivity contribution in [2.75, 3.05) is 7.11 Å². The maximum atomic E-state index is 10.6. The normalized spacial score (nSPS) is 10.3. The molecule has 0 saturated carbocycles. The van der Waals surface area contributed by atoms with Crippen LogP contribution in [0.15, 0.2) is 72.8 Å². The van der Waals surface area contributed by atoms with Gasteiger partial charge in [0.05, 0.1) is 7.11 Å². The summed E-state index contributed by atoms with van der Waals surface area (Å²) in [6, 6.07) is 23.4. The van der Waals surface area contributed by atoms with Crippen LogP contribution in [0.25, 0.3) is 22.3 Å². The van der Waals surface area contributed by atoms with Gasteiger partial charge in [0.1, 0.15) is 11.5 Å². The van der Waals surface area contributed by atoms with Gasteiger partial charge in [-0.3, -0.25) is 0 Å². The molecule has 0 heterocycles. The molecule has 0 fully saturated rings. The Morgan fingerprint density at radius 2 is 1.24 bits per heavy atom. The third kappa shape index (κ3) is 2.61. The summed E-state index contributed by atoms with van der Waals surface area (Å²) in [7, 11) is 1.64. The van der Waals surface area contributed by atoms with Crippen LogP contribution >= 0.6 is 0 Å². The highest BCUT2D eigenvalue weighted by atomic mass is 16.5. The van der Waals surface area contributed by atoms with E-state index in [1.807, 2.05) is 72.8 Å². The van der Waals surface area contributed by atoms with E-state index >= 15 is 0 Å². The van der Waals surface area contributed by atoms with E-state index in [4.69, 9.17) is 4.74 Å². The van der Waals surface area contributed by atoms with E-state index in [1.54, 1.807) is 7.11 Å². The summed E-state index contributed by atoms with van der Waals surface area (Å²) < 4.78 is 5.17. The summed E-state index contributed by atoms with van der Waals surface area (Å²) in [5.41, 5.74) is 3.62. The average Bonchev–Trinajstić information content (AvgIpc) is 2.56. The summed E-state index contributed by atoms with van der Waals surface area (Å²) in [5.74, 6) is 1.10. The molecule has 1 N–H and O–H groups in total. The lowest BCUT2D eigenvalue weighted by Crippen LogP contribution is -1.85. The molecule has 0 spiro atoms. The van der Waals surface area contributed by atoms with E-state index in [0.29, 0.717) is 5.75 Å². The predicted octanol–water partition coefficient (Wildman–Crippen LogP) is 4.73. The van der Waals surface area contributed by atoms with Crippen molar-refractivity contribution < 1.29 is 9.84 Å². The van der Waals surface area contributed by atoms with Gasteiger partial charge in [-0.25, -0.2) is 0 Å². The number of phenolic OH excluding ortho intramolecular Hbond substituents is 1. The first-order valence-corrected chi connectivity index (χ1v) is 6.81. The second-order valence-corrected chi connectivity index (χ2v) is 4.80. The van der Waals surface area contributed by atoms with Crippen molar-refractivity contribution in [3.63, 3.8) is 0 Å². The summed E-state index contributed by atoms with van der Waals surface area (Å²) in [5, 5.41) is 10.6. The predicted molar refractivity (Wildman–Crippen MR) is 85.5 cm³/mol. The molecule has 2 nitrogen and oxygen atoms in total. The Bertz CT molecular complexity index is 731. The Kier molecular flexibility index (Phi) is 3.61. The molecular formula is C19H16O2. The zero-order valence-electron chi connectivity index (χ0n) is 11.8. The number of phenols is 1. The molecule has 0 atom stereocenters. The second-order valence-electron chi connectivity index (χ2n) is 4.80. The molecule has 0 unspecified atom stereocenters. The van der Waals surface area contributed by atoms with E-state index in [9.17, 15) is 5.11 Å². The Balaban J connectivity index is 2.08. The number of rotatable bonds is 3. The zero-order valence-corrected chi connectivity index (χ0v) is 11.8. The van der Waals surface area contributed by atoms with Crippen LogP contribution in [0.2, 0.25) is 0 Å². The van der Waals surface area contributed by atoms with Crippen LogP contribution in [0.1, 0.15) is 0 Å². The molecule has 3 rings (SSSR count). The van der Waals surface area contributed by atoms with Gasteiger partial charge < -0.3 is 9.84 Å². The quantitative estimate of drug-likeness (QED) is 0.749. The summed E-state index contributed by atoms with van der Waals surface area (Å²) in [4.78, 5) is 0. The molecule has 0 aliphatic rings. The molecule has 21 heavy (non-hydrogen) atoms. The highest BCUT2D eigenvalue weighted by Crippen LogP contribution is 2.38. The first-order valence-electron chi connectivity index (χ1n) is 6.81. The number of para-hydroxylation sites is 1. The number of ether oxygens (including phenoxy) is 1. The van der Waals surface area contributed by atoms with Gasteiger partial charge >= 0.3 is 0 Å². The minimum atomic E-state index is 0.300. The Labute approximate surface area is 124 Å². The van der Waals surface area contributed by atoms with Crippen LogP contribution in [0.4, 0.5) is 0 Å². The van der Waals surface area contributed by atoms with Crippen molar-refractivity contribution in [3.05, 3.63) is 72.8 Å². The number of hydrogen-bond acceptors (Lipinski definition) is 2. The first kappa shape index (κ1) is 13.3. The van der Waals surface area contributed by atoms with Gasteiger partial charge in [-0.05, 0) is 23.3 Å². The highest BCUT2D eigenvalue weighted by molar-refractivity contribution is 5.82. The van der Waals surface area contributed by atoms with E-state index < -0.39 is 0 Å². The van der Waals surface area contributed by atoms with Crippen LogP contribution < -0.4 is 4.74 Å². The lowest BCUT2D eigenvalue weighted by Gasteiger charge is -2.10. The average molecular weight is 276 g/mol. The van der Waals surface area contributed by atoms with Crippen molar-refractivity contribution in [3.8, 4) is 33.8 Å². The molecular weight excluding hydrogens is 260 g/mol. The van der Waals surface area contributed by atoms with Crippen LogP contribution in [0.5, 0.6) is 11.5 Å². The topological polar surface area (TPSA) is 29.5 Å².